The van der Waals surface area contributed by atoms with E-state index in [-0.39, 0.29) is 11.9 Å². The molecule has 0 saturated heterocycles. The maximum absolute atomic E-state index is 11.7. The Kier molecular flexibility index (Phi) is 3.46. The Morgan fingerprint density at radius 3 is 2.82 bits per heavy atom. The fraction of sp³-hybridized carbons (Fsp3) is 0.200. The predicted molar refractivity (Wildman–Crippen MR) is 84.3 cm³/mol. The van der Waals surface area contributed by atoms with Crippen LogP contribution in [0.1, 0.15) is 13.8 Å². The summed E-state index contributed by atoms with van der Waals surface area (Å²) in [6.45, 7) is 4.11. The van der Waals surface area contributed by atoms with Gasteiger partial charge in [-0.1, -0.05) is 12.1 Å². The SMILES string of the molecule is CCN(C(C)=O)c1cccc(-c2ccc3nnc(N)n3n2)c1. The van der Waals surface area contributed by atoms with Gasteiger partial charge in [0.05, 0.1) is 5.69 Å². The summed E-state index contributed by atoms with van der Waals surface area (Å²) in [4.78, 5) is 13.4. The fourth-order valence-electron chi connectivity index (χ4n) is 2.38. The van der Waals surface area contributed by atoms with Crippen molar-refractivity contribution in [1.29, 1.82) is 0 Å². The second-order valence-electron chi connectivity index (χ2n) is 4.86. The highest BCUT2D eigenvalue weighted by molar-refractivity contribution is 5.92. The van der Waals surface area contributed by atoms with Crippen LogP contribution in [0.2, 0.25) is 0 Å². The van der Waals surface area contributed by atoms with Crippen molar-refractivity contribution in [3.63, 3.8) is 0 Å². The van der Waals surface area contributed by atoms with Crippen LogP contribution in [-0.2, 0) is 4.79 Å². The first-order valence-electron chi connectivity index (χ1n) is 6.96. The second-order valence-corrected chi connectivity index (χ2v) is 4.86. The maximum atomic E-state index is 11.7. The van der Waals surface area contributed by atoms with Crippen molar-refractivity contribution in [1.82, 2.24) is 19.8 Å². The summed E-state index contributed by atoms with van der Waals surface area (Å²) >= 11 is 0. The summed E-state index contributed by atoms with van der Waals surface area (Å²) in [7, 11) is 0. The molecule has 0 fully saturated rings. The van der Waals surface area contributed by atoms with E-state index < -0.39 is 0 Å². The monoisotopic (exact) mass is 296 g/mol. The molecule has 0 spiro atoms. The molecule has 7 nitrogen and oxygen atoms in total. The van der Waals surface area contributed by atoms with Crippen molar-refractivity contribution in [3.8, 4) is 11.3 Å². The van der Waals surface area contributed by atoms with Crippen LogP contribution >= 0.6 is 0 Å². The van der Waals surface area contributed by atoms with Crippen molar-refractivity contribution < 1.29 is 4.79 Å². The smallest absolute Gasteiger partial charge is 0.243 e. The highest BCUT2D eigenvalue weighted by Crippen LogP contribution is 2.24. The molecule has 3 rings (SSSR count). The molecule has 0 radical (unpaired) electrons. The number of anilines is 2. The molecule has 0 saturated carbocycles. The van der Waals surface area contributed by atoms with Gasteiger partial charge in [-0.3, -0.25) is 4.79 Å². The quantitative estimate of drug-likeness (QED) is 0.795. The van der Waals surface area contributed by atoms with Crippen LogP contribution in [0, 0.1) is 0 Å². The first-order chi connectivity index (χ1) is 10.6. The third-order valence-electron chi connectivity index (χ3n) is 3.44. The average Bonchev–Trinajstić information content (AvgIpc) is 2.89. The highest BCUT2D eigenvalue weighted by Gasteiger charge is 2.11. The number of amides is 1. The number of fused-ring (bicyclic) bond motifs is 1. The summed E-state index contributed by atoms with van der Waals surface area (Å²) in [5.74, 6) is 0.248. The van der Waals surface area contributed by atoms with Gasteiger partial charge in [-0.05, 0) is 31.2 Å². The van der Waals surface area contributed by atoms with Crippen LogP contribution in [-0.4, -0.2) is 32.3 Å². The topological polar surface area (TPSA) is 89.4 Å². The van der Waals surface area contributed by atoms with E-state index in [1.54, 1.807) is 17.9 Å². The van der Waals surface area contributed by atoms with Gasteiger partial charge in [-0.15, -0.1) is 10.2 Å². The molecule has 0 unspecified atom stereocenters. The molecule has 3 aromatic rings. The Morgan fingerprint density at radius 1 is 1.27 bits per heavy atom. The van der Waals surface area contributed by atoms with Gasteiger partial charge in [-0.25, -0.2) is 0 Å². The van der Waals surface area contributed by atoms with E-state index in [2.05, 4.69) is 15.3 Å². The van der Waals surface area contributed by atoms with Crippen LogP contribution in [0.25, 0.3) is 16.9 Å². The Hall–Kier alpha value is -2.96. The molecule has 112 valence electrons. The number of nitrogens with zero attached hydrogens (tertiary/aromatic N) is 5. The third kappa shape index (κ3) is 2.37. The lowest BCUT2D eigenvalue weighted by molar-refractivity contribution is -0.116. The van der Waals surface area contributed by atoms with Gasteiger partial charge in [0.15, 0.2) is 5.65 Å². The summed E-state index contributed by atoms with van der Waals surface area (Å²) in [5.41, 5.74) is 8.80. The summed E-state index contributed by atoms with van der Waals surface area (Å²) < 4.78 is 1.49. The Balaban J connectivity index is 2.06. The van der Waals surface area contributed by atoms with Crippen molar-refractivity contribution in [2.24, 2.45) is 0 Å². The molecule has 2 N–H and O–H groups in total. The largest absolute Gasteiger partial charge is 0.366 e. The van der Waals surface area contributed by atoms with Gasteiger partial charge in [-0.2, -0.15) is 9.61 Å². The second kappa shape index (κ2) is 5.44. The maximum Gasteiger partial charge on any atom is 0.243 e. The van der Waals surface area contributed by atoms with Gasteiger partial charge in [0, 0.05) is 24.7 Å². The third-order valence-corrected chi connectivity index (χ3v) is 3.44. The Morgan fingerprint density at radius 2 is 2.09 bits per heavy atom. The van der Waals surface area contributed by atoms with E-state index >= 15 is 0 Å². The number of hydrogen-bond donors (Lipinski definition) is 1. The van der Waals surface area contributed by atoms with Crippen LogP contribution in [0.5, 0.6) is 0 Å². The molecule has 1 amide bonds. The van der Waals surface area contributed by atoms with Crippen molar-refractivity contribution in [2.45, 2.75) is 13.8 Å². The van der Waals surface area contributed by atoms with Crippen LogP contribution in [0.3, 0.4) is 0 Å². The number of hydrogen-bond acceptors (Lipinski definition) is 5. The standard InChI is InChI=1S/C15H16N6O/c1-3-20(10(2)22)12-6-4-5-11(9-12)13-7-8-14-17-18-15(16)21(14)19-13/h4-9H,3H2,1-2H3,(H2,16,18). The minimum absolute atomic E-state index is 0.00566. The van der Waals surface area contributed by atoms with E-state index in [4.69, 9.17) is 5.73 Å². The molecular weight excluding hydrogens is 280 g/mol. The zero-order valence-electron chi connectivity index (χ0n) is 12.4. The number of aromatic nitrogens is 4. The van der Waals surface area contributed by atoms with Crippen molar-refractivity contribution in [3.05, 3.63) is 36.4 Å². The first kappa shape index (κ1) is 14.0. The molecule has 0 bridgehead atoms. The normalized spacial score (nSPS) is 10.8. The first-order valence-corrected chi connectivity index (χ1v) is 6.96. The lowest BCUT2D eigenvalue weighted by atomic mass is 10.1. The lowest BCUT2D eigenvalue weighted by Gasteiger charge is -2.19. The molecule has 22 heavy (non-hydrogen) atoms. The summed E-state index contributed by atoms with van der Waals surface area (Å²) in [6.07, 6.45) is 0. The number of nitrogens with two attached hydrogens (primary N) is 1. The van der Waals surface area contributed by atoms with E-state index in [0.717, 1.165) is 16.9 Å². The van der Waals surface area contributed by atoms with Gasteiger partial charge in [0.2, 0.25) is 11.9 Å². The van der Waals surface area contributed by atoms with E-state index in [0.29, 0.717) is 12.2 Å². The molecule has 0 atom stereocenters. The number of carbonyl (C=O) groups excluding carboxylic acids is 1. The molecule has 7 heteroatoms. The van der Waals surface area contributed by atoms with E-state index in [9.17, 15) is 4.79 Å². The highest BCUT2D eigenvalue weighted by atomic mass is 16.2. The summed E-state index contributed by atoms with van der Waals surface area (Å²) in [6, 6.07) is 11.3. The average molecular weight is 296 g/mol. The fourth-order valence-corrected chi connectivity index (χ4v) is 2.38. The molecule has 2 aromatic heterocycles. The molecule has 0 aliphatic rings. The van der Waals surface area contributed by atoms with Crippen LogP contribution in [0.4, 0.5) is 11.6 Å². The van der Waals surface area contributed by atoms with Crippen LogP contribution in [0.15, 0.2) is 36.4 Å². The Bertz CT molecular complexity index is 841. The number of carbonyl (C=O) groups is 1. The van der Waals surface area contributed by atoms with Gasteiger partial charge < -0.3 is 10.6 Å². The minimum Gasteiger partial charge on any atom is -0.366 e. The van der Waals surface area contributed by atoms with E-state index in [1.807, 2.05) is 37.3 Å². The summed E-state index contributed by atoms with van der Waals surface area (Å²) in [5, 5.41) is 12.1. The zero-order chi connectivity index (χ0) is 15.7. The van der Waals surface area contributed by atoms with E-state index in [1.165, 1.54) is 4.52 Å². The number of rotatable bonds is 3. The van der Waals surface area contributed by atoms with Crippen LogP contribution < -0.4 is 10.6 Å². The van der Waals surface area contributed by atoms with Gasteiger partial charge in [0.25, 0.3) is 0 Å². The van der Waals surface area contributed by atoms with Crippen molar-refractivity contribution in [2.75, 3.05) is 17.2 Å². The number of nitrogen functional groups attached to an aromatic ring is 1. The molecule has 2 heterocycles. The minimum atomic E-state index is 0.00566. The van der Waals surface area contributed by atoms with Crippen molar-refractivity contribution >= 4 is 23.2 Å². The Labute approximate surface area is 127 Å². The van der Waals surface area contributed by atoms with Gasteiger partial charge in [0.1, 0.15) is 0 Å². The molecular formula is C15H16N6O. The van der Waals surface area contributed by atoms with Gasteiger partial charge >= 0.3 is 0 Å². The number of benzene rings is 1. The molecule has 0 aliphatic carbocycles. The molecule has 1 aromatic carbocycles. The lowest BCUT2D eigenvalue weighted by Crippen LogP contribution is -2.27. The molecule has 0 aliphatic heterocycles. The predicted octanol–water partition coefficient (Wildman–Crippen LogP) is 1.75. The zero-order valence-corrected chi connectivity index (χ0v) is 12.4.